The maximum absolute atomic E-state index is 12.2. The van der Waals surface area contributed by atoms with Crippen LogP contribution in [0.4, 0.5) is 0 Å². The number of nitrogens with zero attached hydrogens (tertiary/aromatic N) is 1. The molecule has 1 aliphatic carbocycles. The third-order valence-electron chi connectivity index (χ3n) is 3.51. The Kier molecular flexibility index (Phi) is 4.69. The molecule has 3 rings (SSSR count). The van der Waals surface area contributed by atoms with E-state index in [1.165, 1.54) is 12.8 Å². The minimum atomic E-state index is -0.0295. The van der Waals surface area contributed by atoms with Gasteiger partial charge in [0.05, 0.1) is 14.4 Å². The molecule has 0 unspecified atom stereocenters. The van der Waals surface area contributed by atoms with Crippen molar-refractivity contribution in [2.24, 2.45) is 0 Å². The summed E-state index contributed by atoms with van der Waals surface area (Å²) in [5.74, 6) is 1.11. The number of aromatic nitrogens is 2. The fourth-order valence-corrected chi connectivity index (χ4v) is 5.20. The van der Waals surface area contributed by atoms with E-state index in [1.54, 1.807) is 11.3 Å². The largest absolute Gasteiger partial charge is 0.305 e. The monoisotopic (exact) mass is 528 g/mol. The van der Waals surface area contributed by atoms with Crippen LogP contribution in [0.25, 0.3) is 10.7 Å². The molecule has 1 N–H and O–H groups in total. The lowest BCUT2D eigenvalue weighted by Gasteiger charge is -2.11. The van der Waals surface area contributed by atoms with Gasteiger partial charge in [-0.15, -0.1) is 11.3 Å². The average molecular weight is 530 g/mol. The summed E-state index contributed by atoms with van der Waals surface area (Å²) in [4.78, 5) is 20.8. The van der Waals surface area contributed by atoms with E-state index in [4.69, 9.17) is 4.98 Å². The number of H-pyrrole nitrogens is 1. The van der Waals surface area contributed by atoms with Gasteiger partial charge in [-0.3, -0.25) is 4.79 Å². The van der Waals surface area contributed by atoms with Gasteiger partial charge in [-0.25, -0.2) is 4.98 Å². The highest BCUT2D eigenvalue weighted by molar-refractivity contribution is 14.1. The van der Waals surface area contributed by atoms with Gasteiger partial charge < -0.3 is 4.98 Å². The Morgan fingerprint density at radius 3 is 2.65 bits per heavy atom. The van der Waals surface area contributed by atoms with Gasteiger partial charge in [0.15, 0.2) is 5.82 Å². The van der Waals surface area contributed by atoms with Crippen LogP contribution in [0, 0.1) is 3.57 Å². The van der Waals surface area contributed by atoms with E-state index in [9.17, 15) is 4.79 Å². The van der Waals surface area contributed by atoms with E-state index in [2.05, 4.69) is 59.4 Å². The summed E-state index contributed by atoms with van der Waals surface area (Å²) >= 11 is 10.6. The van der Waals surface area contributed by atoms with Gasteiger partial charge in [0.2, 0.25) is 0 Å². The molecule has 0 amide bonds. The average Bonchev–Trinajstić information content (AvgIpc) is 3.04. The van der Waals surface area contributed by atoms with Crippen molar-refractivity contribution in [1.82, 2.24) is 9.97 Å². The van der Waals surface area contributed by atoms with Crippen molar-refractivity contribution in [2.75, 3.05) is 0 Å². The predicted octanol–water partition coefficient (Wildman–Crippen LogP) is 5.29. The molecule has 0 saturated heterocycles. The maximum Gasteiger partial charge on any atom is 0.264 e. The molecule has 2 aromatic rings. The summed E-state index contributed by atoms with van der Waals surface area (Å²) < 4.78 is 2.74. The Morgan fingerprint density at radius 2 is 2.05 bits per heavy atom. The summed E-state index contributed by atoms with van der Waals surface area (Å²) in [5, 5.41) is 0. The molecular weight excluding hydrogens is 519 g/mol. The Morgan fingerprint density at radius 1 is 1.35 bits per heavy atom. The quantitative estimate of drug-likeness (QED) is 0.538. The number of aromatic amines is 1. The van der Waals surface area contributed by atoms with Gasteiger partial charge in [0, 0.05) is 10.4 Å². The first-order valence-corrected chi connectivity index (χ1v) is 9.79. The van der Waals surface area contributed by atoms with E-state index < -0.39 is 0 Å². The highest BCUT2D eigenvalue weighted by Gasteiger charge is 2.23. The molecule has 0 atom stereocenters. The second-order valence-electron chi connectivity index (χ2n) is 4.83. The Hall–Kier alpha value is 0.270. The fraction of sp³-hybridized carbons (Fsp3) is 0.385. The van der Waals surface area contributed by atoms with Crippen LogP contribution in [-0.2, 0) is 0 Å². The second-order valence-corrected chi connectivity index (χ2v) is 9.13. The molecule has 1 fully saturated rings. The van der Waals surface area contributed by atoms with Crippen molar-refractivity contribution in [3.05, 3.63) is 33.9 Å². The van der Waals surface area contributed by atoms with Gasteiger partial charge in [0.1, 0.15) is 3.57 Å². The molecule has 0 aliphatic heterocycles. The molecule has 0 aromatic carbocycles. The summed E-state index contributed by atoms with van der Waals surface area (Å²) in [6.07, 6.45) is 4.76. The van der Waals surface area contributed by atoms with Crippen LogP contribution in [0.1, 0.15) is 37.3 Å². The number of nitrogens with one attached hydrogen (secondary N) is 1. The van der Waals surface area contributed by atoms with Crippen LogP contribution >= 0.6 is 65.8 Å². The predicted molar refractivity (Wildman–Crippen MR) is 97.5 cm³/mol. The Balaban J connectivity index is 2.10. The molecule has 3 nitrogen and oxygen atoms in total. The molecule has 2 heterocycles. The van der Waals surface area contributed by atoms with E-state index in [0.29, 0.717) is 11.7 Å². The molecule has 106 valence electrons. The number of hydrogen-bond donors (Lipinski definition) is 1. The smallest absolute Gasteiger partial charge is 0.264 e. The van der Waals surface area contributed by atoms with Crippen molar-refractivity contribution in [3.8, 4) is 10.7 Å². The van der Waals surface area contributed by atoms with Crippen LogP contribution in [0.3, 0.4) is 0 Å². The summed E-state index contributed by atoms with van der Waals surface area (Å²) in [6.45, 7) is 0. The molecule has 7 heteroatoms. The third-order valence-corrected chi connectivity index (χ3v) is 7.81. The molecule has 20 heavy (non-hydrogen) atoms. The van der Waals surface area contributed by atoms with Gasteiger partial charge >= 0.3 is 0 Å². The molecular formula is C13H11Br2IN2OS. The van der Waals surface area contributed by atoms with Crippen LogP contribution in [0.15, 0.2) is 19.1 Å². The SMILES string of the molecule is O=c1[nH]c(-c2cc(Br)c(Br)s2)nc(C2CCCC2)c1I. The highest BCUT2D eigenvalue weighted by Crippen LogP contribution is 2.38. The normalized spacial score (nSPS) is 15.9. The fourth-order valence-electron chi connectivity index (χ4n) is 2.53. The maximum atomic E-state index is 12.2. The third kappa shape index (κ3) is 2.91. The van der Waals surface area contributed by atoms with E-state index in [0.717, 1.165) is 35.2 Å². The van der Waals surface area contributed by atoms with E-state index in [1.807, 2.05) is 6.07 Å². The van der Waals surface area contributed by atoms with Gasteiger partial charge in [-0.2, -0.15) is 0 Å². The lowest BCUT2D eigenvalue weighted by atomic mass is 10.0. The van der Waals surface area contributed by atoms with Gasteiger partial charge in [-0.05, 0) is 73.4 Å². The first-order valence-electron chi connectivity index (χ1n) is 6.31. The van der Waals surface area contributed by atoms with Gasteiger partial charge in [0.25, 0.3) is 5.56 Å². The molecule has 1 aliphatic rings. The number of hydrogen-bond acceptors (Lipinski definition) is 3. The molecule has 0 bridgehead atoms. The molecule has 0 spiro atoms. The van der Waals surface area contributed by atoms with Crippen LogP contribution in [0.2, 0.25) is 0 Å². The van der Waals surface area contributed by atoms with Crippen LogP contribution < -0.4 is 5.56 Å². The van der Waals surface area contributed by atoms with E-state index >= 15 is 0 Å². The summed E-state index contributed by atoms with van der Waals surface area (Å²) in [7, 11) is 0. The lowest BCUT2D eigenvalue weighted by Crippen LogP contribution is -2.17. The first-order chi connectivity index (χ1) is 9.56. The van der Waals surface area contributed by atoms with Crippen molar-refractivity contribution in [1.29, 1.82) is 0 Å². The van der Waals surface area contributed by atoms with Crippen molar-refractivity contribution in [3.63, 3.8) is 0 Å². The first kappa shape index (κ1) is 15.2. The summed E-state index contributed by atoms with van der Waals surface area (Å²) in [6, 6.07) is 1.98. The minimum Gasteiger partial charge on any atom is -0.305 e. The van der Waals surface area contributed by atoms with Crippen LogP contribution in [-0.4, -0.2) is 9.97 Å². The highest BCUT2D eigenvalue weighted by atomic mass is 127. The van der Waals surface area contributed by atoms with Crippen molar-refractivity contribution < 1.29 is 0 Å². The molecule has 1 saturated carbocycles. The molecule has 2 aromatic heterocycles. The van der Waals surface area contributed by atoms with E-state index in [-0.39, 0.29) is 5.56 Å². The van der Waals surface area contributed by atoms with Crippen LogP contribution in [0.5, 0.6) is 0 Å². The summed E-state index contributed by atoms with van der Waals surface area (Å²) in [5.41, 5.74) is 0.945. The van der Waals surface area contributed by atoms with Gasteiger partial charge in [-0.1, -0.05) is 12.8 Å². The topological polar surface area (TPSA) is 45.8 Å². The number of thiophene rings is 1. The number of rotatable bonds is 2. The Bertz CT molecular complexity index is 687. The second kappa shape index (κ2) is 6.18. The van der Waals surface area contributed by atoms with Crippen molar-refractivity contribution >= 4 is 65.8 Å². The zero-order chi connectivity index (χ0) is 14.3. The van der Waals surface area contributed by atoms with Crippen molar-refractivity contribution in [2.45, 2.75) is 31.6 Å². The molecule has 0 radical (unpaired) electrons. The zero-order valence-corrected chi connectivity index (χ0v) is 16.5. The number of halogens is 3. The minimum absolute atomic E-state index is 0.0295. The Labute approximate surface area is 151 Å². The zero-order valence-electron chi connectivity index (χ0n) is 10.4. The lowest BCUT2D eigenvalue weighted by molar-refractivity contribution is 0.688. The standard InChI is InChI=1S/C13H11Br2IN2OS/c14-7-5-8(20-11(7)15)12-17-10(6-3-1-2-4-6)9(16)13(19)18-12/h5-6H,1-4H2,(H,17,18,19).